The SMILES string of the molecule is O=C(O)C(=O)C=C(O)c1ccn(CCCc2ccc(F)cc2)c1. The van der Waals surface area contributed by atoms with Gasteiger partial charge in [-0.2, -0.15) is 0 Å². The second-order valence-electron chi connectivity index (χ2n) is 5.07. The summed E-state index contributed by atoms with van der Waals surface area (Å²) in [7, 11) is 0. The molecule has 0 amide bonds. The number of carboxylic acids is 1. The first-order valence-corrected chi connectivity index (χ1v) is 7.04. The van der Waals surface area contributed by atoms with Crippen LogP contribution in [0.25, 0.3) is 5.76 Å². The minimum Gasteiger partial charge on any atom is -0.507 e. The highest BCUT2D eigenvalue weighted by atomic mass is 19.1. The molecule has 0 bridgehead atoms. The monoisotopic (exact) mass is 317 g/mol. The first-order chi connectivity index (χ1) is 11.0. The first-order valence-electron chi connectivity index (χ1n) is 7.04. The minimum atomic E-state index is -1.62. The van der Waals surface area contributed by atoms with Gasteiger partial charge < -0.3 is 14.8 Å². The third kappa shape index (κ3) is 4.81. The fraction of sp³-hybridized carbons (Fsp3) is 0.176. The predicted octanol–water partition coefficient (Wildman–Crippen LogP) is 2.81. The quantitative estimate of drug-likeness (QED) is 0.467. The van der Waals surface area contributed by atoms with E-state index in [1.54, 1.807) is 30.6 Å². The third-order valence-electron chi connectivity index (χ3n) is 3.32. The summed E-state index contributed by atoms with van der Waals surface area (Å²) in [6.45, 7) is 0.678. The Morgan fingerprint density at radius 2 is 1.83 bits per heavy atom. The number of rotatable bonds is 7. The molecule has 0 radical (unpaired) electrons. The van der Waals surface area contributed by atoms with Crippen LogP contribution in [0.2, 0.25) is 0 Å². The Bertz CT molecular complexity index is 731. The summed E-state index contributed by atoms with van der Waals surface area (Å²) in [4.78, 5) is 21.5. The van der Waals surface area contributed by atoms with Gasteiger partial charge in [-0.3, -0.25) is 4.79 Å². The molecule has 0 fully saturated rings. The molecule has 0 aliphatic carbocycles. The molecule has 0 aliphatic rings. The van der Waals surface area contributed by atoms with Crippen molar-refractivity contribution in [3.05, 3.63) is 65.7 Å². The summed E-state index contributed by atoms with van der Waals surface area (Å²) < 4.78 is 14.6. The molecule has 0 unspecified atom stereocenters. The van der Waals surface area contributed by atoms with E-state index in [1.165, 1.54) is 12.1 Å². The Morgan fingerprint density at radius 1 is 1.13 bits per heavy atom. The van der Waals surface area contributed by atoms with Crippen molar-refractivity contribution >= 4 is 17.5 Å². The zero-order chi connectivity index (χ0) is 16.8. The van der Waals surface area contributed by atoms with Gasteiger partial charge in [-0.05, 0) is 36.6 Å². The van der Waals surface area contributed by atoms with Crippen LogP contribution in [0, 0.1) is 5.82 Å². The standard InChI is InChI=1S/C17H16FNO4/c18-14-5-3-12(4-6-14)2-1-8-19-9-7-13(11-19)15(20)10-16(21)17(22)23/h3-7,9-11,20H,1-2,8H2,(H,22,23). The number of aliphatic carboxylic acids is 1. The van der Waals surface area contributed by atoms with Crippen LogP contribution in [0.4, 0.5) is 4.39 Å². The topological polar surface area (TPSA) is 79.5 Å². The number of benzene rings is 1. The second kappa shape index (κ2) is 7.40. The largest absolute Gasteiger partial charge is 0.507 e. The van der Waals surface area contributed by atoms with Crippen molar-refractivity contribution in [1.29, 1.82) is 0 Å². The average Bonchev–Trinajstić information content (AvgIpc) is 2.98. The fourth-order valence-corrected chi connectivity index (χ4v) is 2.12. The number of aromatic nitrogens is 1. The van der Waals surface area contributed by atoms with Crippen molar-refractivity contribution < 1.29 is 24.2 Å². The number of aliphatic hydroxyl groups excluding tert-OH is 1. The molecule has 1 heterocycles. The van der Waals surface area contributed by atoms with Crippen molar-refractivity contribution in [3.63, 3.8) is 0 Å². The maximum absolute atomic E-state index is 12.8. The molecule has 120 valence electrons. The summed E-state index contributed by atoms with van der Waals surface area (Å²) >= 11 is 0. The molecule has 0 spiro atoms. The highest BCUT2D eigenvalue weighted by Gasteiger charge is 2.11. The van der Waals surface area contributed by atoms with Crippen LogP contribution >= 0.6 is 0 Å². The van der Waals surface area contributed by atoms with Crippen LogP contribution in [-0.4, -0.2) is 26.5 Å². The van der Waals surface area contributed by atoms with Gasteiger partial charge in [-0.15, -0.1) is 0 Å². The van der Waals surface area contributed by atoms with Gasteiger partial charge in [0.1, 0.15) is 11.6 Å². The summed E-state index contributed by atoms with van der Waals surface area (Å²) in [5.74, 6) is -3.43. The molecule has 2 rings (SSSR count). The molecule has 23 heavy (non-hydrogen) atoms. The smallest absolute Gasteiger partial charge is 0.376 e. The van der Waals surface area contributed by atoms with Crippen molar-refractivity contribution in [1.82, 2.24) is 4.57 Å². The first kappa shape index (κ1) is 16.5. The van der Waals surface area contributed by atoms with Gasteiger partial charge >= 0.3 is 5.97 Å². The van der Waals surface area contributed by atoms with E-state index in [-0.39, 0.29) is 11.6 Å². The molecular weight excluding hydrogens is 301 g/mol. The third-order valence-corrected chi connectivity index (χ3v) is 3.32. The molecule has 0 aliphatic heterocycles. The van der Waals surface area contributed by atoms with Gasteiger partial charge in [0, 0.05) is 30.6 Å². The van der Waals surface area contributed by atoms with E-state index >= 15 is 0 Å². The molecular formula is C17H16FNO4. The fourth-order valence-electron chi connectivity index (χ4n) is 2.12. The number of carbonyl (C=O) groups excluding carboxylic acids is 1. The number of ketones is 1. The number of halogens is 1. The lowest BCUT2D eigenvalue weighted by Gasteiger charge is -2.03. The zero-order valence-electron chi connectivity index (χ0n) is 12.3. The summed E-state index contributed by atoms with van der Waals surface area (Å²) in [5, 5.41) is 18.2. The molecule has 1 aromatic carbocycles. The van der Waals surface area contributed by atoms with Crippen LogP contribution < -0.4 is 0 Å². The van der Waals surface area contributed by atoms with E-state index in [2.05, 4.69) is 0 Å². The second-order valence-corrected chi connectivity index (χ2v) is 5.07. The van der Waals surface area contributed by atoms with E-state index in [4.69, 9.17) is 5.11 Å². The van der Waals surface area contributed by atoms with E-state index in [1.807, 2.05) is 4.57 Å². The molecule has 0 saturated carbocycles. The lowest BCUT2D eigenvalue weighted by molar-refractivity contribution is -0.146. The lowest BCUT2D eigenvalue weighted by atomic mass is 10.1. The number of nitrogens with zero attached hydrogens (tertiary/aromatic N) is 1. The minimum absolute atomic E-state index is 0.262. The number of hydrogen-bond acceptors (Lipinski definition) is 3. The van der Waals surface area contributed by atoms with Gasteiger partial charge in [0.25, 0.3) is 5.78 Å². The van der Waals surface area contributed by atoms with Gasteiger partial charge in [0.2, 0.25) is 0 Å². The Labute approximate surface area is 132 Å². The summed E-state index contributed by atoms with van der Waals surface area (Å²) in [6, 6.07) is 7.92. The van der Waals surface area contributed by atoms with E-state index in [9.17, 15) is 19.1 Å². The van der Waals surface area contributed by atoms with Crippen LogP contribution in [0.3, 0.4) is 0 Å². The van der Waals surface area contributed by atoms with Gasteiger partial charge in [-0.1, -0.05) is 12.1 Å². The van der Waals surface area contributed by atoms with Crippen LogP contribution in [0.1, 0.15) is 17.5 Å². The molecule has 5 nitrogen and oxygen atoms in total. The Balaban J connectivity index is 1.90. The highest BCUT2D eigenvalue weighted by molar-refractivity contribution is 6.38. The Morgan fingerprint density at radius 3 is 2.48 bits per heavy atom. The predicted molar refractivity (Wildman–Crippen MR) is 82.4 cm³/mol. The van der Waals surface area contributed by atoms with Crippen molar-refractivity contribution in [2.75, 3.05) is 0 Å². The highest BCUT2D eigenvalue weighted by Crippen LogP contribution is 2.13. The van der Waals surface area contributed by atoms with Crippen molar-refractivity contribution in [2.45, 2.75) is 19.4 Å². The molecule has 1 aromatic heterocycles. The van der Waals surface area contributed by atoms with Crippen molar-refractivity contribution in [3.8, 4) is 0 Å². The van der Waals surface area contributed by atoms with Gasteiger partial charge in [0.05, 0.1) is 0 Å². The van der Waals surface area contributed by atoms with Gasteiger partial charge in [0.15, 0.2) is 0 Å². The molecule has 6 heteroatoms. The number of carboxylic acid groups (broad SMARTS) is 1. The maximum Gasteiger partial charge on any atom is 0.376 e. The summed E-state index contributed by atoms with van der Waals surface area (Å²) in [6.07, 6.45) is 5.65. The van der Waals surface area contributed by atoms with Crippen molar-refractivity contribution in [2.24, 2.45) is 0 Å². The average molecular weight is 317 g/mol. The molecule has 2 N–H and O–H groups in total. The number of aliphatic hydroxyl groups is 1. The van der Waals surface area contributed by atoms with Crippen LogP contribution in [0.15, 0.2) is 48.8 Å². The van der Waals surface area contributed by atoms with E-state index in [0.717, 1.165) is 18.4 Å². The normalized spacial score (nSPS) is 11.4. The number of carbonyl (C=O) groups is 2. The zero-order valence-corrected chi connectivity index (χ0v) is 12.3. The van der Waals surface area contributed by atoms with Gasteiger partial charge in [-0.25, -0.2) is 9.18 Å². The Kier molecular flexibility index (Phi) is 5.30. The van der Waals surface area contributed by atoms with E-state index < -0.39 is 11.8 Å². The van der Waals surface area contributed by atoms with Crippen LogP contribution in [-0.2, 0) is 22.6 Å². The number of hydrogen-bond donors (Lipinski definition) is 2. The Hall–Kier alpha value is -2.89. The molecule has 2 aromatic rings. The molecule has 0 atom stereocenters. The maximum atomic E-state index is 12.8. The van der Waals surface area contributed by atoms with Crippen LogP contribution in [0.5, 0.6) is 0 Å². The number of aryl methyl sites for hydroxylation is 2. The molecule has 0 saturated heterocycles. The summed E-state index contributed by atoms with van der Waals surface area (Å²) in [5.41, 5.74) is 1.41. The lowest BCUT2D eigenvalue weighted by Crippen LogP contribution is -2.09. The van der Waals surface area contributed by atoms with E-state index in [0.29, 0.717) is 18.2 Å².